The van der Waals surface area contributed by atoms with E-state index in [0.717, 1.165) is 31.7 Å². The van der Waals surface area contributed by atoms with Crippen molar-refractivity contribution in [2.24, 2.45) is 0 Å². The molecule has 1 saturated heterocycles. The second-order valence-electron chi connectivity index (χ2n) is 5.08. The maximum absolute atomic E-state index is 4.59. The summed E-state index contributed by atoms with van der Waals surface area (Å²) >= 11 is 0. The molecule has 0 spiro atoms. The van der Waals surface area contributed by atoms with Crippen LogP contribution in [0.25, 0.3) is 10.9 Å². The number of aromatic nitrogens is 1. The van der Waals surface area contributed by atoms with Crippen molar-refractivity contribution in [3.8, 4) is 0 Å². The van der Waals surface area contributed by atoms with Crippen LogP contribution in [0.3, 0.4) is 0 Å². The van der Waals surface area contributed by atoms with E-state index in [1.165, 1.54) is 16.6 Å². The summed E-state index contributed by atoms with van der Waals surface area (Å²) in [5.41, 5.74) is 3.71. The number of fused-ring (bicyclic) bond motifs is 1. The quantitative estimate of drug-likeness (QED) is 0.780. The zero-order valence-electron chi connectivity index (χ0n) is 11.6. The van der Waals surface area contributed by atoms with Crippen molar-refractivity contribution in [2.75, 3.05) is 31.1 Å². The molecule has 1 fully saturated rings. The Balaban J connectivity index is 0.00000147. The topological polar surface area (TPSA) is 19.4 Å². The third-order valence-electron chi connectivity index (χ3n) is 3.99. The molecule has 3 nitrogen and oxygen atoms in total. The van der Waals surface area contributed by atoms with Crippen molar-refractivity contribution >= 4 is 24.0 Å². The first-order valence-electron chi connectivity index (χ1n) is 6.92. The van der Waals surface area contributed by atoms with Crippen molar-refractivity contribution in [2.45, 2.75) is 21.2 Å². The monoisotopic (exact) mass is 268 g/mol. The summed E-state index contributed by atoms with van der Waals surface area (Å²) in [5, 5.41) is 1.27. The Morgan fingerprint density at radius 1 is 1.10 bits per heavy atom. The number of anilines is 1. The van der Waals surface area contributed by atoms with Gasteiger partial charge in [0.2, 0.25) is 7.41 Å². The van der Waals surface area contributed by atoms with Gasteiger partial charge in [0, 0.05) is 37.8 Å². The van der Waals surface area contributed by atoms with E-state index in [1.807, 2.05) is 12.3 Å². The van der Waals surface area contributed by atoms with Gasteiger partial charge in [0.15, 0.2) is 0 Å². The minimum atomic E-state index is 0. The van der Waals surface area contributed by atoms with Crippen LogP contribution < -0.4 is 4.90 Å². The van der Waals surface area contributed by atoms with Gasteiger partial charge >= 0.3 is 0 Å². The maximum atomic E-state index is 4.59. The molecule has 2 heterocycles. The van der Waals surface area contributed by atoms with Crippen molar-refractivity contribution in [3.05, 3.63) is 36.0 Å². The minimum absolute atomic E-state index is 0. The first-order chi connectivity index (χ1) is 9.29. The molecule has 1 aromatic carbocycles. The summed E-state index contributed by atoms with van der Waals surface area (Å²) in [6.45, 7) is 8.59. The first-order valence-corrected chi connectivity index (χ1v) is 6.92. The Bertz CT molecular complexity index is 577. The molecule has 1 aromatic heterocycles. The van der Waals surface area contributed by atoms with Crippen LogP contribution in [-0.2, 0) is 0 Å². The Morgan fingerprint density at radius 3 is 2.55 bits per heavy atom. The number of benzene rings is 1. The second kappa shape index (κ2) is 6.27. The molecule has 1 aliphatic rings. The molecule has 0 atom stereocenters. The Kier molecular flexibility index (Phi) is 4.66. The van der Waals surface area contributed by atoms with E-state index in [2.05, 4.69) is 54.1 Å². The normalized spacial score (nSPS) is 16.0. The lowest BCUT2D eigenvalue weighted by Crippen LogP contribution is -2.47. The highest BCUT2D eigenvalue weighted by molar-refractivity contribution is 6.29. The molecule has 1 radical (unpaired) electrons. The van der Waals surface area contributed by atoms with Gasteiger partial charge in [0.05, 0.1) is 11.2 Å². The smallest absolute Gasteiger partial charge is 0.205 e. The number of rotatable bonds is 2. The molecule has 105 valence electrons. The SMILES string of the molecule is C.C[B]N1CCN(c2ccc(C)c3cccnc23)CC1. The van der Waals surface area contributed by atoms with Crippen LogP contribution >= 0.6 is 0 Å². The summed E-state index contributed by atoms with van der Waals surface area (Å²) in [6, 6.07) is 8.61. The van der Waals surface area contributed by atoms with Gasteiger partial charge in [-0.3, -0.25) is 4.98 Å². The van der Waals surface area contributed by atoms with Crippen molar-refractivity contribution in [3.63, 3.8) is 0 Å². The highest BCUT2D eigenvalue weighted by Gasteiger charge is 2.18. The lowest BCUT2D eigenvalue weighted by Gasteiger charge is -2.36. The molecule has 1 aliphatic heterocycles. The number of piperazine rings is 1. The van der Waals surface area contributed by atoms with E-state index in [9.17, 15) is 0 Å². The summed E-state index contributed by atoms with van der Waals surface area (Å²) in [6.07, 6.45) is 1.89. The molecule has 0 amide bonds. The number of hydrogen-bond donors (Lipinski definition) is 0. The van der Waals surface area contributed by atoms with Gasteiger partial charge < -0.3 is 9.71 Å². The van der Waals surface area contributed by atoms with Gasteiger partial charge in [-0.15, -0.1) is 0 Å². The number of nitrogens with zero attached hydrogens (tertiary/aromatic N) is 3. The molecular weight excluding hydrogens is 245 g/mol. The average molecular weight is 268 g/mol. The van der Waals surface area contributed by atoms with Crippen LogP contribution in [0.2, 0.25) is 6.82 Å². The molecule has 3 rings (SSSR count). The molecule has 2 aromatic rings. The zero-order valence-corrected chi connectivity index (χ0v) is 11.6. The number of aryl methyl sites for hydroxylation is 1. The number of pyridine rings is 1. The minimum Gasteiger partial charge on any atom is -0.367 e. The lowest BCUT2D eigenvalue weighted by atomic mass is 9.94. The second-order valence-corrected chi connectivity index (χ2v) is 5.08. The van der Waals surface area contributed by atoms with Crippen LogP contribution in [0.5, 0.6) is 0 Å². The molecular formula is C16H23BN3. The Morgan fingerprint density at radius 2 is 1.85 bits per heavy atom. The largest absolute Gasteiger partial charge is 0.367 e. The standard InChI is InChI=1S/C15H19BN3.CH4/c1-12-5-6-14(15-13(12)4-3-7-17-15)18-8-10-19(16-2)11-9-18;/h3-7H,8-11H2,1-2H3;1H4. The van der Waals surface area contributed by atoms with E-state index in [0.29, 0.717) is 0 Å². The van der Waals surface area contributed by atoms with Gasteiger partial charge in [0.1, 0.15) is 0 Å². The third kappa shape index (κ3) is 2.66. The van der Waals surface area contributed by atoms with Gasteiger partial charge in [-0.05, 0) is 24.6 Å². The molecule has 20 heavy (non-hydrogen) atoms. The molecule has 4 heteroatoms. The Labute approximate surface area is 122 Å². The van der Waals surface area contributed by atoms with E-state index >= 15 is 0 Å². The van der Waals surface area contributed by atoms with Crippen molar-refractivity contribution in [1.29, 1.82) is 0 Å². The highest BCUT2D eigenvalue weighted by atomic mass is 15.2. The first kappa shape index (κ1) is 14.9. The van der Waals surface area contributed by atoms with Crippen LogP contribution in [-0.4, -0.2) is 43.4 Å². The third-order valence-corrected chi connectivity index (χ3v) is 3.99. The van der Waals surface area contributed by atoms with E-state index in [-0.39, 0.29) is 7.43 Å². The summed E-state index contributed by atoms with van der Waals surface area (Å²) in [5.74, 6) is 0. The number of hydrogen-bond acceptors (Lipinski definition) is 3. The molecule has 0 N–H and O–H groups in total. The summed E-state index contributed by atoms with van der Waals surface area (Å²) in [4.78, 5) is 9.42. The van der Waals surface area contributed by atoms with Gasteiger partial charge in [-0.1, -0.05) is 26.4 Å². The maximum Gasteiger partial charge on any atom is 0.205 e. The van der Waals surface area contributed by atoms with Crippen LogP contribution in [0.4, 0.5) is 5.69 Å². The summed E-state index contributed by atoms with van der Waals surface area (Å²) < 4.78 is 0. The van der Waals surface area contributed by atoms with E-state index in [1.54, 1.807) is 0 Å². The lowest BCUT2D eigenvalue weighted by molar-refractivity contribution is 0.408. The van der Waals surface area contributed by atoms with Crippen LogP contribution in [0, 0.1) is 6.92 Å². The molecule has 0 bridgehead atoms. The van der Waals surface area contributed by atoms with Crippen molar-refractivity contribution in [1.82, 2.24) is 9.79 Å². The highest BCUT2D eigenvalue weighted by Crippen LogP contribution is 2.28. The predicted octanol–water partition coefficient (Wildman–Crippen LogP) is 2.97. The average Bonchev–Trinajstić information content (AvgIpc) is 2.48. The Hall–Kier alpha value is -1.55. The molecule has 0 aliphatic carbocycles. The van der Waals surface area contributed by atoms with E-state index < -0.39 is 0 Å². The van der Waals surface area contributed by atoms with Crippen molar-refractivity contribution < 1.29 is 0 Å². The van der Waals surface area contributed by atoms with Gasteiger partial charge in [0.25, 0.3) is 0 Å². The van der Waals surface area contributed by atoms with E-state index in [4.69, 9.17) is 0 Å². The predicted molar refractivity (Wildman–Crippen MR) is 88.6 cm³/mol. The van der Waals surface area contributed by atoms with Crippen LogP contribution in [0.1, 0.15) is 13.0 Å². The fourth-order valence-electron chi connectivity index (χ4n) is 2.78. The molecule has 0 unspecified atom stereocenters. The molecule has 0 saturated carbocycles. The van der Waals surface area contributed by atoms with Gasteiger partial charge in [-0.25, -0.2) is 0 Å². The van der Waals surface area contributed by atoms with Crippen LogP contribution in [0.15, 0.2) is 30.5 Å². The zero-order chi connectivity index (χ0) is 13.2. The fraction of sp³-hybridized carbons (Fsp3) is 0.438. The summed E-state index contributed by atoms with van der Waals surface area (Å²) in [7, 11) is 2.18. The van der Waals surface area contributed by atoms with Gasteiger partial charge in [-0.2, -0.15) is 0 Å². The fourth-order valence-corrected chi connectivity index (χ4v) is 2.78.